The Morgan fingerprint density at radius 2 is 0.944 bits per heavy atom. The fraction of sp³-hybridized carbons (Fsp3) is 1.00. The van der Waals surface area contributed by atoms with Crippen LogP contribution < -0.4 is 0 Å². The SMILES string of the molecule is C[SiH2]O[SiH2]C1(C)C(C)(C)C(C)(C)C(C)(C)C1(C)C. The molecule has 18 heavy (non-hydrogen) atoms. The first-order valence-electron chi connectivity index (χ1n) is 7.39. The van der Waals surface area contributed by atoms with Gasteiger partial charge in [0.2, 0.25) is 0 Å². The van der Waals surface area contributed by atoms with Crippen molar-refractivity contribution in [2.75, 3.05) is 0 Å². The van der Waals surface area contributed by atoms with E-state index in [1.54, 1.807) is 0 Å². The zero-order valence-corrected chi connectivity index (χ0v) is 17.2. The summed E-state index contributed by atoms with van der Waals surface area (Å²) in [5, 5.41) is 0.357. The van der Waals surface area contributed by atoms with E-state index in [2.05, 4.69) is 68.9 Å². The van der Waals surface area contributed by atoms with E-state index >= 15 is 0 Å². The van der Waals surface area contributed by atoms with Crippen LogP contribution in [0.25, 0.3) is 0 Å². The van der Waals surface area contributed by atoms with Crippen LogP contribution in [0.5, 0.6) is 0 Å². The molecule has 0 amide bonds. The molecule has 1 saturated carbocycles. The second kappa shape index (κ2) is 4.19. The molecule has 1 fully saturated rings. The molecule has 0 radical (unpaired) electrons. The molecular weight excluding hydrogens is 252 g/mol. The van der Waals surface area contributed by atoms with E-state index < -0.39 is 9.76 Å². The molecule has 1 rings (SSSR count). The van der Waals surface area contributed by atoms with Crippen molar-refractivity contribution in [2.24, 2.45) is 21.7 Å². The van der Waals surface area contributed by atoms with Gasteiger partial charge in [0.25, 0.3) is 0 Å². The topological polar surface area (TPSA) is 9.23 Å². The van der Waals surface area contributed by atoms with E-state index in [1.807, 2.05) is 0 Å². The van der Waals surface area contributed by atoms with E-state index in [0.29, 0.717) is 26.7 Å². The van der Waals surface area contributed by atoms with E-state index in [1.165, 1.54) is 0 Å². The molecule has 0 aromatic heterocycles. The molecule has 0 bridgehead atoms. The Balaban J connectivity index is 3.43. The molecule has 1 nitrogen and oxygen atoms in total. The van der Waals surface area contributed by atoms with Gasteiger partial charge in [0.1, 0.15) is 9.76 Å². The third kappa shape index (κ3) is 1.53. The van der Waals surface area contributed by atoms with Gasteiger partial charge in [-0.15, -0.1) is 0 Å². The van der Waals surface area contributed by atoms with Crippen LogP contribution in [0.1, 0.15) is 62.3 Å². The van der Waals surface area contributed by atoms with E-state index in [0.717, 1.165) is 0 Å². The maximum atomic E-state index is 6.16. The van der Waals surface area contributed by atoms with E-state index in [4.69, 9.17) is 4.12 Å². The Bertz CT molecular complexity index is 303. The van der Waals surface area contributed by atoms with Crippen molar-refractivity contribution < 1.29 is 4.12 Å². The van der Waals surface area contributed by atoms with Gasteiger partial charge in [0, 0.05) is 0 Å². The van der Waals surface area contributed by atoms with Crippen LogP contribution in [0.15, 0.2) is 0 Å². The zero-order chi connectivity index (χ0) is 14.6. The van der Waals surface area contributed by atoms with Crippen molar-refractivity contribution >= 4 is 19.5 Å². The normalized spacial score (nSPS) is 31.7. The van der Waals surface area contributed by atoms with Gasteiger partial charge < -0.3 is 4.12 Å². The largest absolute Gasteiger partial charge is 0.465 e. The summed E-state index contributed by atoms with van der Waals surface area (Å²) in [6.45, 7) is 24.6. The van der Waals surface area contributed by atoms with Gasteiger partial charge in [-0.05, 0) is 26.7 Å². The lowest BCUT2D eigenvalue weighted by molar-refractivity contribution is 0.0135. The molecule has 0 aromatic carbocycles. The second-order valence-corrected chi connectivity index (χ2v) is 12.4. The fourth-order valence-electron chi connectivity index (χ4n) is 4.39. The molecule has 0 atom stereocenters. The summed E-state index contributed by atoms with van der Waals surface area (Å²) in [6.07, 6.45) is 0. The average Bonchev–Trinajstić information content (AvgIpc) is 2.27. The summed E-state index contributed by atoms with van der Waals surface area (Å²) in [7, 11) is -0.757. The standard InChI is InChI=1S/C15H34OSi2/c1-11(2)12(3,4)14(7,8)15(9,13(11,5)6)18-16-17-10/h17-18H2,1-10H3. The highest BCUT2D eigenvalue weighted by Crippen LogP contribution is 2.81. The summed E-state index contributed by atoms with van der Waals surface area (Å²) >= 11 is 0. The molecule has 0 heterocycles. The first kappa shape index (κ1) is 16.4. The highest BCUT2D eigenvalue weighted by molar-refractivity contribution is 6.44. The van der Waals surface area contributed by atoms with Gasteiger partial charge in [-0.1, -0.05) is 68.9 Å². The molecular formula is C15H34OSi2. The van der Waals surface area contributed by atoms with Gasteiger partial charge >= 0.3 is 0 Å². The van der Waals surface area contributed by atoms with Crippen molar-refractivity contribution in [1.29, 1.82) is 0 Å². The van der Waals surface area contributed by atoms with Crippen molar-refractivity contribution in [3.63, 3.8) is 0 Å². The van der Waals surface area contributed by atoms with Crippen molar-refractivity contribution in [3.8, 4) is 0 Å². The minimum absolute atomic E-state index is 0.265. The lowest BCUT2D eigenvalue weighted by Crippen LogP contribution is -2.42. The first-order chi connectivity index (χ1) is 7.81. The molecule has 108 valence electrons. The van der Waals surface area contributed by atoms with Gasteiger partial charge in [-0.2, -0.15) is 0 Å². The minimum atomic E-state index is -0.493. The van der Waals surface area contributed by atoms with Gasteiger partial charge in [-0.3, -0.25) is 0 Å². The summed E-state index contributed by atoms with van der Waals surface area (Å²) in [6, 6.07) is 0. The first-order valence-corrected chi connectivity index (χ1v) is 10.7. The molecule has 1 aliphatic rings. The Morgan fingerprint density at radius 3 is 1.22 bits per heavy atom. The molecule has 0 aliphatic heterocycles. The van der Waals surface area contributed by atoms with Crippen LogP contribution in [-0.4, -0.2) is 19.5 Å². The van der Waals surface area contributed by atoms with Crippen molar-refractivity contribution in [3.05, 3.63) is 0 Å². The van der Waals surface area contributed by atoms with Crippen LogP contribution in [0.4, 0.5) is 0 Å². The molecule has 1 aliphatic carbocycles. The third-order valence-electron chi connectivity index (χ3n) is 8.04. The Morgan fingerprint density at radius 1 is 0.611 bits per heavy atom. The quantitative estimate of drug-likeness (QED) is 0.721. The maximum Gasteiger partial charge on any atom is 0.153 e. The highest BCUT2D eigenvalue weighted by Gasteiger charge is 2.73. The highest BCUT2D eigenvalue weighted by atomic mass is 28.3. The van der Waals surface area contributed by atoms with Gasteiger partial charge in [0.15, 0.2) is 9.76 Å². The zero-order valence-electron chi connectivity index (χ0n) is 14.3. The molecule has 0 aromatic rings. The lowest BCUT2D eigenvalue weighted by atomic mass is 9.57. The maximum absolute atomic E-state index is 6.16. The monoisotopic (exact) mass is 286 g/mol. The molecule has 0 spiro atoms. The summed E-state index contributed by atoms with van der Waals surface area (Å²) < 4.78 is 6.16. The second-order valence-electron chi connectivity index (χ2n) is 8.47. The predicted molar refractivity (Wildman–Crippen MR) is 87.5 cm³/mol. The van der Waals surface area contributed by atoms with Gasteiger partial charge in [-0.25, -0.2) is 0 Å². The van der Waals surface area contributed by atoms with E-state index in [-0.39, 0.29) is 9.76 Å². The van der Waals surface area contributed by atoms with E-state index in [9.17, 15) is 0 Å². The molecule has 0 unspecified atom stereocenters. The summed E-state index contributed by atoms with van der Waals surface area (Å²) in [5.74, 6) is 0. The third-order valence-corrected chi connectivity index (χ3v) is 12.8. The van der Waals surface area contributed by atoms with Gasteiger partial charge in [0.05, 0.1) is 0 Å². The van der Waals surface area contributed by atoms with Crippen LogP contribution in [0.2, 0.25) is 11.6 Å². The van der Waals surface area contributed by atoms with Crippen molar-refractivity contribution in [1.82, 2.24) is 0 Å². The molecule has 3 heteroatoms. The Labute approximate surface area is 119 Å². The summed E-state index contributed by atoms with van der Waals surface area (Å²) in [5.41, 5.74) is 1.29. The number of hydrogen-bond acceptors (Lipinski definition) is 1. The number of hydrogen-bond donors (Lipinski definition) is 0. The predicted octanol–water partition coefficient (Wildman–Crippen LogP) is 3.52. The van der Waals surface area contributed by atoms with Crippen LogP contribution in [0, 0.1) is 21.7 Å². The smallest absolute Gasteiger partial charge is 0.153 e. The van der Waals surface area contributed by atoms with Crippen LogP contribution in [-0.2, 0) is 4.12 Å². The Hall–Kier alpha value is 0.394. The van der Waals surface area contributed by atoms with Crippen LogP contribution >= 0.6 is 0 Å². The lowest BCUT2D eigenvalue weighted by Gasteiger charge is -2.49. The summed E-state index contributed by atoms with van der Waals surface area (Å²) in [4.78, 5) is 0. The number of rotatable bonds is 3. The molecule has 0 N–H and O–H groups in total. The Kier molecular flexibility index (Phi) is 3.83. The molecule has 0 saturated heterocycles. The van der Waals surface area contributed by atoms with Crippen LogP contribution in [0.3, 0.4) is 0 Å². The minimum Gasteiger partial charge on any atom is -0.465 e. The fourth-order valence-corrected chi connectivity index (χ4v) is 8.45. The average molecular weight is 287 g/mol. The van der Waals surface area contributed by atoms with Crippen molar-refractivity contribution in [2.45, 2.75) is 73.9 Å².